The molecule has 0 aliphatic heterocycles. The molecule has 0 bridgehead atoms. The van der Waals surface area contributed by atoms with E-state index in [2.05, 4.69) is 10.0 Å². The molecule has 2 N–H and O–H groups in total. The van der Waals surface area contributed by atoms with Gasteiger partial charge in [-0.25, -0.2) is 12.8 Å². The zero-order chi connectivity index (χ0) is 23.0. The Morgan fingerprint density at radius 2 is 1.69 bits per heavy atom. The number of halogens is 4. The second-order valence-corrected chi connectivity index (χ2v) is 10.5. The van der Waals surface area contributed by atoms with E-state index < -0.39 is 21.7 Å². The minimum absolute atomic E-state index is 0.0436. The highest BCUT2D eigenvalue weighted by Gasteiger charge is 2.22. The largest absolute Gasteiger partial charge is 0.321 e. The van der Waals surface area contributed by atoms with Gasteiger partial charge in [-0.05, 0) is 48.5 Å². The summed E-state index contributed by atoms with van der Waals surface area (Å²) < 4.78 is 42.1. The van der Waals surface area contributed by atoms with Crippen molar-refractivity contribution in [3.63, 3.8) is 0 Å². The van der Waals surface area contributed by atoms with E-state index in [1.165, 1.54) is 48.5 Å². The molecule has 4 aromatic rings. The molecule has 1 heterocycles. The third-order valence-corrected chi connectivity index (χ3v) is 8.23. The van der Waals surface area contributed by atoms with E-state index in [0.29, 0.717) is 10.1 Å². The van der Waals surface area contributed by atoms with Crippen molar-refractivity contribution in [3.8, 4) is 0 Å². The molecule has 0 aliphatic rings. The number of hydrogen-bond donors (Lipinski definition) is 2. The predicted molar refractivity (Wildman–Crippen MR) is 128 cm³/mol. The maximum Gasteiger partial charge on any atom is 0.267 e. The molecule has 164 valence electrons. The molecular formula is C21H12Cl3FN2O3S2. The molecule has 4 rings (SSSR count). The van der Waals surface area contributed by atoms with Gasteiger partial charge in [0.2, 0.25) is 0 Å². The minimum Gasteiger partial charge on any atom is -0.321 e. The molecule has 0 atom stereocenters. The fourth-order valence-corrected chi connectivity index (χ4v) is 6.19. The zero-order valence-electron chi connectivity index (χ0n) is 15.8. The lowest BCUT2D eigenvalue weighted by atomic mass is 10.2. The highest BCUT2D eigenvalue weighted by Crippen LogP contribution is 2.36. The molecule has 1 amide bonds. The molecule has 5 nitrogen and oxygen atoms in total. The molecular weight excluding hydrogens is 518 g/mol. The van der Waals surface area contributed by atoms with Crippen molar-refractivity contribution in [2.45, 2.75) is 4.90 Å². The summed E-state index contributed by atoms with van der Waals surface area (Å²) in [7, 11) is -4.11. The number of para-hydroxylation sites is 1. The summed E-state index contributed by atoms with van der Waals surface area (Å²) in [5.41, 5.74) is 0.364. The van der Waals surface area contributed by atoms with Crippen LogP contribution in [0.25, 0.3) is 10.1 Å². The van der Waals surface area contributed by atoms with Crippen LogP contribution in [0.1, 0.15) is 9.67 Å². The van der Waals surface area contributed by atoms with Crippen LogP contribution in [0.5, 0.6) is 0 Å². The van der Waals surface area contributed by atoms with Crippen LogP contribution in [0.15, 0.2) is 65.6 Å². The summed E-state index contributed by atoms with van der Waals surface area (Å²) in [6, 6.07) is 14.4. The van der Waals surface area contributed by atoms with Gasteiger partial charge in [0, 0.05) is 15.8 Å². The van der Waals surface area contributed by atoms with Crippen molar-refractivity contribution in [2.75, 3.05) is 10.0 Å². The number of hydrogen-bond acceptors (Lipinski definition) is 4. The molecule has 32 heavy (non-hydrogen) atoms. The molecule has 0 saturated carbocycles. The Morgan fingerprint density at radius 1 is 0.938 bits per heavy atom. The van der Waals surface area contributed by atoms with Gasteiger partial charge >= 0.3 is 0 Å². The lowest BCUT2D eigenvalue weighted by Gasteiger charge is -2.12. The van der Waals surface area contributed by atoms with Crippen LogP contribution in [0, 0.1) is 5.82 Å². The van der Waals surface area contributed by atoms with E-state index in [1.807, 2.05) is 0 Å². The summed E-state index contributed by atoms with van der Waals surface area (Å²) in [6.45, 7) is 0. The van der Waals surface area contributed by atoms with E-state index in [4.69, 9.17) is 34.8 Å². The Labute approximate surface area is 201 Å². The average molecular weight is 530 g/mol. The van der Waals surface area contributed by atoms with Crippen molar-refractivity contribution >= 4 is 83.5 Å². The van der Waals surface area contributed by atoms with Crippen molar-refractivity contribution in [3.05, 3.63) is 86.4 Å². The number of sulfonamides is 1. The van der Waals surface area contributed by atoms with Crippen LogP contribution in [-0.2, 0) is 10.0 Å². The van der Waals surface area contributed by atoms with Crippen LogP contribution in [0.2, 0.25) is 15.1 Å². The first-order valence-corrected chi connectivity index (χ1v) is 12.3. The second kappa shape index (κ2) is 8.88. The van der Waals surface area contributed by atoms with Gasteiger partial charge in [-0.15, -0.1) is 11.3 Å². The van der Waals surface area contributed by atoms with E-state index in [1.54, 1.807) is 12.1 Å². The first-order valence-electron chi connectivity index (χ1n) is 8.91. The minimum atomic E-state index is -4.11. The van der Waals surface area contributed by atoms with Crippen LogP contribution in [0.3, 0.4) is 0 Å². The fourth-order valence-electron chi connectivity index (χ4n) is 2.90. The number of nitrogens with one attached hydrogen (secondary N) is 2. The second-order valence-electron chi connectivity index (χ2n) is 6.57. The number of carbonyl (C=O) groups excluding carboxylic acids is 1. The molecule has 11 heteroatoms. The molecule has 0 saturated heterocycles. The Balaban J connectivity index is 1.64. The quantitative estimate of drug-likeness (QED) is 0.291. The lowest BCUT2D eigenvalue weighted by Crippen LogP contribution is -2.15. The van der Waals surface area contributed by atoms with Gasteiger partial charge in [0.1, 0.15) is 15.6 Å². The topological polar surface area (TPSA) is 75.3 Å². The predicted octanol–water partition coefficient (Wildman–Crippen LogP) is 7.05. The summed E-state index contributed by atoms with van der Waals surface area (Å²) in [4.78, 5) is 12.7. The highest BCUT2D eigenvalue weighted by molar-refractivity contribution is 7.92. The fraction of sp³-hybridized carbons (Fsp3) is 0. The third kappa shape index (κ3) is 4.55. The molecule has 1 aromatic heterocycles. The summed E-state index contributed by atoms with van der Waals surface area (Å²) in [5.74, 6) is -1.01. The third-order valence-electron chi connectivity index (χ3n) is 4.39. The number of fused-ring (bicyclic) bond motifs is 1. The van der Waals surface area contributed by atoms with Gasteiger partial charge < -0.3 is 5.32 Å². The molecule has 0 radical (unpaired) electrons. The monoisotopic (exact) mass is 528 g/mol. The Hall–Kier alpha value is -2.36. The SMILES string of the molecule is O=C(Nc1ccc(Cl)c(S(=O)(=O)Nc2ccccc2Cl)c1)c1sc2cc(F)ccc2c1Cl. The van der Waals surface area contributed by atoms with Gasteiger partial charge in [0.05, 0.1) is 20.8 Å². The average Bonchev–Trinajstić information content (AvgIpc) is 3.06. The molecule has 0 aliphatic carbocycles. The molecule has 0 unspecified atom stereocenters. The van der Waals surface area contributed by atoms with E-state index in [-0.39, 0.29) is 36.2 Å². The van der Waals surface area contributed by atoms with Crippen LogP contribution < -0.4 is 10.0 Å². The van der Waals surface area contributed by atoms with Crippen molar-refractivity contribution in [1.29, 1.82) is 0 Å². The molecule has 0 fully saturated rings. The summed E-state index contributed by atoms with van der Waals surface area (Å²) in [5, 5.41) is 3.51. The lowest BCUT2D eigenvalue weighted by molar-refractivity contribution is 0.103. The van der Waals surface area contributed by atoms with Crippen LogP contribution in [-0.4, -0.2) is 14.3 Å². The van der Waals surface area contributed by atoms with Crippen molar-refractivity contribution in [2.24, 2.45) is 0 Å². The smallest absolute Gasteiger partial charge is 0.267 e. The van der Waals surface area contributed by atoms with Crippen LogP contribution in [0.4, 0.5) is 15.8 Å². The van der Waals surface area contributed by atoms with Gasteiger partial charge in [-0.2, -0.15) is 0 Å². The highest BCUT2D eigenvalue weighted by atomic mass is 35.5. The zero-order valence-corrected chi connectivity index (χ0v) is 19.7. The van der Waals surface area contributed by atoms with Gasteiger partial charge in [-0.3, -0.25) is 9.52 Å². The maximum absolute atomic E-state index is 13.5. The molecule has 0 spiro atoms. The van der Waals surface area contributed by atoms with E-state index >= 15 is 0 Å². The summed E-state index contributed by atoms with van der Waals surface area (Å²) in [6.07, 6.45) is 0. The normalized spacial score (nSPS) is 11.5. The van der Waals surface area contributed by atoms with Crippen molar-refractivity contribution in [1.82, 2.24) is 0 Å². The van der Waals surface area contributed by atoms with E-state index in [9.17, 15) is 17.6 Å². The summed E-state index contributed by atoms with van der Waals surface area (Å²) >= 11 is 19.5. The maximum atomic E-state index is 13.5. The molecule has 3 aromatic carbocycles. The van der Waals surface area contributed by atoms with Gasteiger partial charge in [0.15, 0.2) is 0 Å². The first-order chi connectivity index (χ1) is 15.2. The first kappa shape index (κ1) is 22.8. The number of rotatable bonds is 5. The number of thiophene rings is 1. The number of anilines is 2. The number of benzene rings is 3. The van der Waals surface area contributed by atoms with Gasteiger partial charge in [0.25, 0.3) is 15.9 Å². The van der Waals surface area contributed by atoms with E-state index in [0.717, 1.165) is 11.3 Å². The standard InChI is InChI=1S/C21H12Cl3FN2O3S2/c22-14-3-1-2-4-16(14)27-32(29,30)18-10-12(6-8-15(18)23)26-21(28)20-19(24)13-7-5-11(25)9-17(13)31-20/h1-10,27H,(H,26,28). The van der Waals surface area contributed by atoms with Crippen molar-refractivity contribution < 1.29 is 17.6 Å². The Kier molecular flexibility index (Phi) is 6.33. The van der Waals surface area contributed by atoms with Crippen LogP contribution >= 0.6 is 46.1 Å². The number of amides is 1. The van der Waals surface area contributed by atoms with Gasteiger partial charge in [-0.1, -0.05) is 46.9 Å². The Bertz CT molecular complexity index is 1470. The Morgan fingerprint density at radius 3 is 2.44 bits per heavy atom. The number of carbonyl (C=O) groups is 1.